The standard InChI is InChI=1S/C21H18FNO3S/c1-15-7-10-18(11-8-15)27(25,26)23-20-12-9-17(22)14-19(20)21(24)13-16-5-3-2-4-6-16/h2-12,14,23H,13H2,1H3. The van der Waals surface area contributed by atoms with Gasteiger partial charge in [0.2, 0.25) is 0 Å². The van der Waals surface area contributed by atoms with Crippen LogP contribution in [0.25, 0.3) is 0 Å². The summed E-state index contributed by atoms with van der Waals surface area (Å²) < 4.78 is 41.3. The third kappa shape index (κ3) is 4.60. The molecule has 0 heterocycles. The lowest BCUT2D eigenvalue weighted by Crippen LogP contribution is -2.16. The minimum Gasteiger partial charge on any atom is -0.294 e. The van der Waals surface area contributed by atoms with Crippen molar-refractivity contribution in [2.24, 2.45) is 0 Å². The highest BCUT2D eigenvalue weighted by Crippen LogP contribution is 2.23. The molecule has 0 saturated heterocycles. The van der Waals surface area contributed by atoms with Crippen molar-refractivity contribution in [2.45, 2.75) is 18.2 Å². The van der Waals surface area contributed by atoms with E-state index in [9.17, 15) is 17.6 Å². The van der Waals surface area contributed by atoms with E-state index in [4.69, 9.17) is 0 Å². The quantitative estimate of drug-likeness (QED) is 0.643. The summed E-state index contributed by atoms with van der Waals surface area (Å²) in [6.07, 6.45) is 0.0452. The molecule has 3 aromatic carbocycles. The predicted molar refractivity (Wildman–Crippen MR) is 103 cm³/mol. The lowest BCUT2D eigenvalue weighted by Gasteiger charge is -2.13. The van der Waals surface area contributed by atoms with E-state index in [2.05, 4.69) is 4.72 Å². The Labute approximate surface area is 157 Å². The Morgan fingerprint density at radius 1 is 0.963 bits per heavy atom. The van der Waals surface area contributed by atoms with E-state index in [1.807, 2.05) is 13.0 Å². The van der Waals surface area contributed by atoms with Gasteiger partial charge in [-0.2, -0.15) is 0 Å². The van der Waals surface area contributed by atoms with Gasteiger partial charge < -0.3 is 0 Å². The number of sulfonamides is 1. The summed E-state index contributed by atoms with van der Waals surface area (Å²) in [5.74, 6) is -0.980. The normalized spacial score (nSPS) is 11.2. The summed E-state index contributed by atoms with van der Waals surface area (Å²) in [6.45, 7) is 1.85. The molecule has 0 spiro atoms. The van der Waals surface area contributed by atoms with Crippen LogP contribution in [0.15, 0.2) is 77.7 Å². The van der Waals surface area contributed by atoms with Gasteiger partial charge in [0.05, 0.1) is 10.6 Å². The van der Waals surface area contributed by atoms with Crippen LogP contribution >= 0.6 is 0 Å². The van der Waals surface area contributed by atoms with Crippen molar-refractivity contribution in [3.63, 3.8) is 0 Å². The first-order valence-corrected chi connectivity index (χ1v) is 9.80. The monoisotopic (exact) mass is 383 g/mol. The average Bonchev–Trinajstić information content (AvgIpc) is 2.64. The number of benzene rings is 3. The van der Waals surface area contributed by atoms with Gasteiger partial charge in [0, 0.05) is 12.0 Å². The summed E-state index contributed by atoms with van der Waals surface area (Å²) in [5.41, 5.74) is 1.74. The molecule has 0 bridgehead atoms. The van der Waals surface area contributed by atoms with Crippen molar-refractivity contribution < 1.29 is 17.6 Å². The maximum absolute atomic E-state index is 13.7. The Morgan fingerprint density at radius 3 is 2.30 bits per heavy atom. The first-order valence-electron chi connectivity index (χ1n) is 8.31. The van der Waals surface area contributed by atoms with Crippen LogP contribution in [0.4, 0.5) is 10.1 Å². The number of rotatable bonds is 6. The highest BCUT2D eigenvalue weighted by molar-refractivity contribution is 7.92. The van der Waals surface area contributed by atoms with Crippen LogP contribution < -0.4 is 4.72 Å². The summed E-state index contributed by atoms with van der Waals surface area (Å²) in [5, 5.41) is 0. The van der Waals surface area contributed by atoms with Crippen molar-refractivity contribution in [1.29, 1.82) is 0 Å². The smallest absolute Gasteiger partial charge is 0.261 e. The SMILES string of the molecule is Cc1ccc(S(=O)(=O)Nc2ccc(F)cc2C(=O)Cc2ccccc2)cc1. The molecule has 0 aromatic heterocycles. The molecule has 0 amide bonds. The fourth-order valence-electron chi connectivity index (χ4n) is 2.63. The van der Waals surface area contributed by atoms with E-state index >= 15 is 0 Å². The van der Waals surface area contributed by atoms with Crippen LogP contribution in [-0.2, 0) is 16.4 Å². The van der Waals surface area contributed by atoms with Crippen LogP contribution in [0.3, 0.4) is 0 Å². The summed E-state index contributed by atoms with van der Waals surface area (Å²) in [4.78, 5) is 12.7. The van der Waals surface area contributed by atoms with E-state index in [0.29, 0.717) is 0 Å². The molecule has 3 rings (SSSR count). The number of aryl methyl sites for hydroxylation is 1. The van der Waals surface area contributed by atoms with Crippen molar-refractivity contribution in [1.82, 2.24) is 0 Å². The molecule has 0 aliphatic heterocycles. The largest absolute Gasteiger partial charge is 0.294 e. The van der Waals surface area contributed by atoms with E-state index < -0.39 is 15.8 Å². The summed E-state index contributed by atoms with van der Waals surface area (Å²) in [7, 11) is -3.90. The van der Waals surface area contributed by atoms with Crippen LogP contribution in [-0.4, -0.2) is 14.2 Å². The van der Waals surface area contributed by atoms with E-state index in [-0.39, 0.29) is 28.4 Å². The van der Waals surface area contributed by atoms with Gasteiger partial charge in [-0.1, -0.05) is 48.0 Å². The highest BCUT2D eigenvalue weighted by Gasteiger charge is 2.19. The number of Topliss-reactive ketones (excluding diaryl/α,β-unsaturated/α-hetero) is 1. The molecule has 4 nitrogen and oxygen atoms in total. The van der Waals surface area contributed by atoms with E-state index in [1.165, 1.54) is 18.2 Å². The lowest BCUT2D eigenvalue weighted by atomic mass is 10.0. The fraction of sp³-hybridized carbons (Fsp3) is 0.0952. The second-order valence-electron chi connectivity index (χ2n) is 6.19. The lowest BCUT2D eigenvalue weighted by molar-refractivity contribution is 0.0993. The van der Waals surface area contributed by atoms with Crippen molar-refractivity contribution >= 4 is 21.5 Å². The van der Waals surface area contributed by atoms with Crippen LogP contribution in [0, 0.1) is 12.7 Å². The van der Waals surface area contributed by atoms with Gasteiger partial charge in [-0.15, -0.1) is 0 Å². The number of anilines is 1. The van der Waals surface area contributed by atoms with Gasteiger partial charge in [-0.05, 0) is 42.8 Å². The second-order valence-corrected chi connectivity index (χ2v) is 7.88. The van der Waals surface area contributed by atoms with Gasteiger partial charge in [-0.3, -0.25) is 9.52 Å². The number of hydrogen-bond acceptors (Lipinski definition) is 3. The van der Waals surface area contributed by atoms with E-state index in [0.717, 1.165) is 23.3 Å². The van der Waals surface area contributed by atoms with Gasteiger partial charge in [0.1, 0.15) is 5.82 Å². The number of nitrogens with one attached hydrogen (secondary N) is 1. The Morgan fingerprint density at radius 2 is 1.63 bits per heavy atom. The number of halogens is 1. The van der Waals surface area contributed by atoms with Crippen LogP contribution in [0.2, 0.25) is 0 Å². The average molecular weight is 383 g/mol. The molecular weight excluding hydrogens is 365 g/mol. The third-order valence-electron chi connectivity index (χ3n) is 4.07. The summed E-state index contributed by atoms with van der Waals surface area (Å²) in [6, 6.07) is 18.8. The molecule has 6 heteroatoms. The Balaban J connectivity index is 1.92. The zero-order valence-corrected chi connectivity index (χ0v) is 15.5. The zero-order chi connectivity index (χ0) is 19.4. The van der Waals surface area contributed by atoms with Crippen molar-refractivity contribution in [3.8, 4) is 0 Å². The molecule has 0 fully saturated rings. The fourth-order valence-corrected chi connectivity index (χ4v) is 3.71. The second kappa shape index (κ2) is 7.72. The molecule has 0 radical (unpaired) electrons. The number of hydrogen-bond donors (Lipinski definition) is 1. The predicted octanol–water partition coefficient (Wildman–Crippen LogP) is 4.36. The van der Waals surface area contributed by atoms with Gasteiger partial charge in [0.15, 0.2) is 5.78 Å². The molecular formula is C21H18FNO3S. The zero-order valence-electron chi connectivity index (χ0n) is 14.6. The van der Waals surface area contributed by atoms with Gasteiger partial charge in [-0.25, -0.2) is 12.8 Å². The Bertz CT molecular complexity index is 1060. The third-order valence-corrected chi connectivity index (χ3v) is 5.45. The topological polar surface area (TPSA) is 63.2 Å². The molecule has 138 valence electrons. The molecule has 0 unspecified atom stereocenters. The van der Waals surface area contributed by atoms with E-state index in [1.54, 1.807) is 36.4 Å². The molecule has 3 aromatic rings. The molecule has 0 atom stereocenters. The van der Waals surface area contributed by atoms with Gasteiger partial charge in [0.25, 0.3) is 10.0 Å². The molecule has 0 saturated carbocycles. The van der Waals surface area contributed by atoms with Crippen molar-refractivity contribution in [3.05, 3.63) is 95.3 Å². The maximum atomic E-state index is 13.7. The number of carbonyl (C=O) groups excluding carboxylic acids is 1. The minimum atomic E-state index is -3.90. The summed E-state index contributed by atoms with van der Waals surface area (Å²) >= 11 is 0. The number of carbonyl (C=O) groups is 1. The Hall–Kier alpha value is -2.99. The Kier molecular flexibility index (Phi) is 5.37. The number of ketones is 1. The minimum absolute atomic E-state index is 0.00506. The molecule has 0 aliphatic rings. The van der Waals surface area contributed by atoms with Crippen LogP contribution in [0.5, 0.6) is 0 Å². The van der Waals surface area contributed by atoms with Gasteiger partial charge >= 0.3 is 0 Å². The van der Waals surface area contributed by atoms with Crippen LogP contribution in [0.1, 0.15) is 21.5 Å². The highest BCUT2D eigenvalue weighted by atomic mass is 32.2. The first kappa shape index (κ1) is 18.8. The van der Waals surface area contributed by atoms with Crippen molar-refractivity contribution in [2.75, 3.05) is 4.72 Å². The first-order chi connectivity index (χ1) is 12.8. The maximum Gasteiger partial charge on any atom is 0.261 e. The molecule has 0 aliphatic carbocycles. The molecule has 1 N–H and O–H groups in total. The molecule has 27 heavy (non-hydrogen) atoms.